The fourth-order valence-corrected chi connectivity index (χ4v) is 5.53. The minimum atomic E-state index is -4.26. The molecule has 3 aromatic carbocycles. The van der Waals surface area contributed by atoms with Crippen LogP contribution in [-0.4, -0.2) is 43.8 Å². The van der Waals surface area contributed by atoms with Crippen molar-refractivity contribution in [2.24, 2.45) is 0 Å². The van der Waals surface area contributed by atoms with E-state index in [4.69, 9.17) is 11.6 Å². The van der Waals surface area contributed by atoms with Crippen LogP contribution in [0, 0.1) is 5.82 Å². The number of rotatable bonds is 10. The first-order chi connectivity index (χ1) is 17.9. The Hall–Kier alpha value is -2.95. The zero-order valence-corrected chi connectivity index (χ0v) is 24.2. The van der Waals surface area contributed by atoms with E-state index in [1.54, 1.807) is 51.1 Å². The van der Waals surface area contributed by atoms with E-state index in [2.05, 4.69) is 21.2 Å². The zero-order valence-electron chi connectivity index (χ0n) is 21.1. The summed E-state index contributed by atoms with van der Waals surface area (Å²) in [5.74, 6) is -1.73. The first-order valence-corrected chi connectivity index (χ1v) is 14.4. The van der Waals surface area contributed by atoms with Gasteiger partial charge in [-0.1, -0.05) is 57.9 Å². The van der Waals surface area contributed by atoms with Gasteiger partial charge in [-0.05, 0) is 68.8 Å². The third-order valence-electron chi connectivity index (χ3n) is 5.67. The second-order valence-corrected chi connectivity index (χ2v) is 12.1. The van der Waals surface area contributed by atoms with E-state index in [1.165, 1.54) is 23.1 Å². The maximum atomic E-state index is 13.9. The fourth-order valence-electron chi connectivity index (χ4n) is 3.66. The standard InChI is InChI=1S/C27H28BrClFN3O4S/c1-18(2)31-27(35)19(3)32(16-20-9-11-21(28)12-10-20)26(34)17-33(22-13-14-25(30)24(29)15-22)38(36,37)23-7-5-4-6-8-23/h4-15,18-19H,16-17H2,1-3H3,(H,31,35)/t19-/m0/s1. The molecule has 0 heterocycles. The third-order valence-corrected chi connectivity index (χ3v) is 8.27. The van der Waals surface area contributed by atoms with Crippen molar-refractivity contribution in [3.05, 3.63) is 93.7 Å². The summed E-state index contributed by atoms with van der Waals surface area (Å²) in [5.41, 5.74) is 0.754. The van der Waals surface area contributed by atoms with Crippen LogP contribution in [0.2, 0.25) is 5.02 Å². The Bertz CT molecular complexity index is 1390. The van der Waals surface area contributed by atoms with Gasteiger partial charge in [0.05, 0.1) is 15.6 Å². The minimum Gasteiger partial charge on any atom is -0.352 e. The van der Waals surface area contributed by atoms with Crippen molar-refractivity contribution < 1.29 is 22.4 Å². The molecule has 1 atom stereocenters. The first kappa shape index (κ1) is 29.6. The predicted octanol–water partition coefficient (Wildman–Crippen LogP) is 5.38. The second kappa shape index (κ2) is 12.7. The lowest BCUT2D eigenvalue weighted by atomic mass is 10.1. The van der Waals surface area contributed by atoms with Crippen LogP contribution in [0.1, 0.15) is 26.3 Å². The van der Waals surface area contributed by atoms with E-state index in [0.29, 0.717) is 0 Å². The summed E-state index contributed by atoms with van der Waals surface area (Å²) in [7, 11) is -4.26. The van der Waals surface area contributed by atoms with Gasteiger partial charge in [-0.25, -0.2) is 12.8 Å². The molecule has 0 aromatic heterocycles. The van der Waals surface area contributed by atoms with E-state index >= 15 is 0 Å². The Morgan fingerprint density at radius 3 is 2.21 bits per heavy atom. The molecule has 0 aliphatic heterocycles. The number of anilines is 1. The molecule has 3 aromatic rings. The molecule has 0 saturated heterocycles. The van der Waals surface area contributed by atoms with Crippen LogP contribution in [0.3, 0.4) is 0 Å². The lowest BCUT2D eigenvalue weighted by Crippen LogP contribution is -2.52. The van der Waals surface area contributed by atoms with Crippen molar-refractivity contribution in [2.75, 3.05) is 10.8 Å². The number of benzene rings is 3. The van der Waals surface area contributed by atoms with Gasteiger partial charge in [0.25, 0.3) is 10.0 Å². The predicted molar refractivity (Wildman–Crippen MR) is 150 cm³/mol. The van der Waals surface area contributed by atoms with Crippen molar-refractivity contribution in [3.63, 3.8) is 0 Å². The number of amides is 2. The quantitative estimate of drug-likeness (QED) is 0.328. The Balaban J connectivity index is 2.04. The maximum absolute atomic E-state index is 13.9. The number of carbonyl (C=O) groups excluding carboxylic acids is 2. The summed E-state index contributed by atoms with van der Waals surface area (Å²) in [4.78, 5) is 27.9. The van der Waals surface area contributed by atoms with Gasteiger partial charge >= 0.3 is 0 Å². The van der Waals surface area contributed by atoms with Gasteiger partial charge in [0.15, 0.2) is 0 Å². The summed E-state index contributed by atoms with van der Waals surface area (Å²) >= 11 is 9.34. The number of sulfonamides is 1. The molecule has 0 aliphatic rings. The molecule has 7 nitrogen and oxygen atoms in total. The van der Waals surface area contributed by atoms with Gasteiger partial charge in [-0.2, -0.15) is 0 Å². The molecule has 0 fully saturated rings. The molecule has 38 heavy (non-hydrogen) atoms. The van der Waals surface area contributed by atoms with Crippen LogP contribution in [0.25, 0.3) is 0 Å². The number of halogens is 3. The van der Waals surface area contributed by atoms with Crippen LogP contribution in [0.4, 0.5) is 10.1 Å². The molecule has 0 aliphatic carbocycles. The van der Waals surface area contributed by atoms with Crippen molar-refractivity contribution in [2.45, 2.75) is 44.3 Å². The molecule has 3 rings (SSSR count). The fraction of sp³-hybridized carbons (Fsp3) is 0.259. The Morgan fingerprint density at radius 1 is 1.00 bits per heavy atom. The number of nitrogens with zero attached hydrogens (tertiary/aromatic N) is 2. The topological polar surface area (TPSA) is 86.8 Å². The van der Waals surface area contributed by atoms with Crippen LogP contribution in [0.5, 0.6) is 0 Å². The highest BCUT2D eigenvalue weighted by atomic mass is 79.9. The van der Waals surface area contributed by atoms with Gasteiger partial charge < -0.3 is 10.2 Å². The summed E-state index contributed by atoms with van der Waals surface area (Å²) in [6, 6.07) is 17.2. The Morgan fingerprint density at radius 2 is 1.63 bits per heavy atom. The van der Waals surface area contributed by atoms with Crippen molar-refractivity contribution in [3.8, 4) is 0 Å². The molecule has 0 bridgehead atoms. The van der Waals surface area contributed by atoms with Crippen molar-refractivity contribution >= 4 is 55.1 Å². The minimum absolute atomic E-state index is 0.0106. The third kappa shape index (κ3) is 7.33. The lowest BCUT2D eigenvalue weighted by molar-refractivity contribution is -0.139. The molecule has 202 valence electrons. The number of carbonyl (C=O) groups is 2. The van der Waals surface area contributed by atoms with Gasteiger partial charge in [0, 0.05) is 17.1 Å². The number of hydrogen-bond acceptors (Lipinski definition) is 4. The molecular formula is C27H28BrClFN3O4S. The summed E-state index contributed by atoms with van der Waals surface area (Å²) in [6.07, 6.45) is 0. The normalized spacial score (nSPS) is 12.2. The van der Waals surface area contributed by atoms with E-state index in [0.717, 1.165) is 26.5 Å². The largest absolute Gasteiger partial charge is 0.352 e. The number of hydrogen-bond donors (Lipinski definition) is 1. The van der Waals surface area contributed by atoms with E-state index in [-0.39, 0.29) is 34.1 Å². The van der Waals surface area contributed by atoms with E-state index in [1.807, 2.05) is 12.1 Å². The van der Waals surface area contributed by atoms with Crippen LogP contribution >= 0.6 is 27.5 Å². The average molecular weight is 625 g/mol. The van der Waals surface area contributed by atoms with E-state index in [9.17, 15) is 22.4 Å². The first-order valence-electron chi connectivity index (χ1n) is 11.8. The smallest absolute Gasteiger partial charge is 0.264 e. The highest BCUT2D eigenvalue weighted by Gasteiger charge is 2.33. The van der Waals surface area contributed by atoms with Crippen LogP contribution in [0.15, 0.2) is 82.2 Å². The van der Waals surface area contributed by atoms with Crippen LogP contribution in [-0.2, 0) is 26.2 Å². The van der Waals surface area contributed by atoms with Gasteiger partial charge in [-0.15, -0.1) is 0 Å². The van der Waals surface area contributed by atoms with Crippen LogP contribution < -0.4 is 9.62 Å². The van der Waals surface area contributed by atoms with Gasteiger partial charge in [0.2, 0.25) is 11.8 Å². The van der Waals surface area contributed by atoms with Gasteiger partial charge in [0.1, 0.15) is 18.4 Å². The monoisotopic (exact) mass is 623 g/mol. The number of nitrogens with one attached hydrogen (secondary N) is 1. The van der Waals surface area contributed by atoms with Crippen molar-refractivity contribution in [1.29, 1.82) is 0 Å². The molecule has 0 radical (unpaired) electrons. The van der Waals surface area contributed by atoms with Gasteiger partial charge in [-0.3, -0.25) is 13.9 Å². The molecular weight excluding hydrogens is 597 g/mol. The Kier molecular flexibility index (Phi) is 9.92. The maximum Gasteiger partial charge on any atom is 0.264 e. The molecule has 0 unspecified atom stereocenters. The molecule has 0 spiro atoms. The highest BCUT2D eigenvalue weighted by molar-refractivity contribution is 9.10. The van der Waals surface area contributed by atoms with Crippen molar-refractivity contribution in [1.82, 2.24) is 10.2 Å². The van der Waals surface area contributed by atoms with E-state index < -0.39 is 34.3 Å². The zero-order chi connectivity index (χ0) is 28.0. The molecule has 2 amide bonds. The summed E-state index contributed by atoms with van der Waals surface area (Å²) in [6.45, 7) is 4.60. The molecule has 11 heteroatoms. The Labute approximate surface area is 235 Å². The lowest BCUT2D eigenvalue weighted by Gasteiger charge is -2.32. The molecule has 1 N–H and O–H groups in total. The second-order valence-electron chi connectivity index (χ2n) is 8.91. The average Bonchev–Trinajstić information content (AvgIpc) is 2.88. The summed E-state index contributed by atoms with van der Waals surface area (Å²) in [5, 5.41) is 2.50. The summed E-state index contributed by atoms with van der Waals surface area (Å²) < 4.78 is 43.0. The SMILES string of the molecule is CC(C)NC(=O)[C@H](C)N(Cc1ccc(Br)cc1)C(=O)CN(c1ccc(F)c(Cl)c1)S(=O)(=O)c1ccccc1. The molecule has 0 saturated carbocycles. The highest BCUT2D eigenvalue weighted by Crippen LogP contribution is 2.28.